The molecule has 134 valence electrons. The van der Waals surface area contributed by atoms with Gasteiger partial charge in [0, 0.05) is 6.54 Å². The zero-order chi connectivity index (χ0) is 18.4. The fraction of sp³-hybridized carbons (Fsp3) is 0.250. The van der Waals surface area contributed by atoms with Crippen molar-refractivity contribution in [2.24, 2.45) is 0 Å². The van der Waals surface area contributed by atoms with Crippen molar-refractivity contribution in [3.8, 4) is 0 Å². The molecule has 0 spiro atoms. The molecule has 1 unspecified atom stereocenters. The molecule has 2 aromatic carbocycles. The molecule has 3 N–H and O–H groups in total. The minimum absolute atomic E-state index is 0.0864. The molecule has 0 saturated heterocycles. The zero-order valence-corrected chi connectivity index (χ0v) is 14.3. The summed E-state index contributed by atoms with van der Waals surface area (Å²) in [5, 5.41) is 8.12. The third-order valence-corrected chi connectivity index (χ3v) is 4.25. The van der Waals surface area contributed by atoms with Gasteiger partial charge in [0.15, 0.2) is 0 Å². The molecule has 2 aromatic rings. The van der Waals surface area contributed by atoms with Crippen LogP contribution in [0.4, 0.5) is 5.69 Å². The van der Waals surface area contributed by atoms with Crippen LogP contribution in [0.1, 0.15) is 28.8 Å². The van der Waals surface area contributed by atoms with Gasteiger partial charge in [0.05, 0.1) is 17.7 Å². The van der Waals surface area contributed by atoms with Gasteiger partial charge in [-0.25, -0.2) is 0 Å². The molecule has 0 fully saturated rings. The van der Waals surface area contributed by atoms with Crippen LogP contribution >= 0.6 is 0 Å². The van der Waals surface area contributed by atoms with Crippen LogP contribution in [-0.4, -0.2) is 30.3 Å². The number of rotatable bonds is 6. The van der Waals surface area contributed by atoms with E-state index in [1.807, 2.05) is 30.3 Å². The Hall–Kier alpha value is -3.15. The van der Waals surface area contributed by atoms with E-state index in [2.05, 4.69) is 16.0 Å². The van der Waals surface area contributed by atoms with Gasteiger partial charge in [-0.2, -0.15) is 0 Å². The molecule has 6 nitrogen and oxygen atoms in total. The maximum atomic E-state index is 12.3. The second kappa shape index (κ2) is 8.29. The first-order chi connectivity index (χ1) is 12.6. The largest absolute Gasteiger partial charge is 0.356 e. The van der Waals surface area contributed by atoms with E-state index in [-0.39, 0.29) is 24.1 Å². The van der Waals surface area contributed by atoms with Crippen molar-refractivity contribution in [1.29, 1.82) is 0 Å². The second-order valence-corrected chi connectivity index (χ2v) is 6.20. The van der Waals surface area contributed by atoms with Crippen LogP contribution in [0.25, 0.3) is 0 Å². The van der Waals surface area contributed by atoms with Gasteiger partial charge < -0.3 is 16.0 Å². The second-order valence-electron chi connectivity index (χ2n) is 6.20. The molecule has 0 saturated carbocycles. The van der Waals surface area contributed by atoms with Gasteiger partial charge in [-0.3, -0.25) is 14.4 Å². The smallest absolute Gasteiger partial charge is 0.254 e. The van der Waals surface area contributed by atoms with E-state index in [1.165, 1.54) is 5.56 Å². The molecular formula is C20H21N3O3. The Balaban J connectivity index is 1.48. The number of aryl methyl sites for hydroxylation is 1. The van der Waals surface area contributed by atoms with Crippen LogP contribution in [-0.2, 0) is 16.0 Å². The molecule has 0 aliphatic carbocycles. The standard InChI is InChI=1S/C20H21N3O3/c24-18(21-12-6-9-14-7-2-1-3-8-14)13-17-20(26)22-16-11-5-4-10-15(16)19(25)23-17/h1-5,7-8,10-11,17H,6,9,12-13H2,(H,21,24)(H,22,26)(H,23,25). The monoisotopic (exact) mass is 351 g/mol. The Morgan fingerprint density at radius 1 is 1.00 bits per heavy atom. The first kappa shape index (κ1) is 17.7. The normalized spacial score (nSPS) is 16.1. The summed E-state index contributed by atoms with van der Waals surface area (Å²) in [7, 11) is 0. The minimum Gasteiger partial charge on any atom is -0.356 e. The van der Waals surface area contributed by atoms with E-state index in [4.69, 9.17) is 0 Å². The highest BCUT2D eigenvalue weighted by Crippen LogP contribution is 2.18. The van der Waals surface area contributed by atoms with Crippen molar-refractivity contribution >= 4 is 23.4 Å². The van der Waals surface area contributed by atoms with Crippen LogP contribution in [0.15, 0.2) is 54.6 Å². The van der Waals surface area contributed by atoms with E-state index in [0.29, 0.717) is 17.8 Å². The van der Waals surface area contributed by atoms with Crippen LogP contribution in [0.5, 0.6) is 0 Å². The van der Waals surface area contributed by atoms with Gasteiger partial charge in [-0.05, 0) is 30.5 Å². The Labute approximate surface area is 152 Å². The summed E-state index contributed by atoms with van der Waals surface area (Å²) in [4.78, 5) is 36.6. The van der Waals surface area contributed by atoms with Gasteiger partial charge in [-0.1, -0.05) is 42.5 Å². The summed E-state index contributed by atoms with van der Waals surface area (Å²) < 4.78 is 0. The number of amides is 3. The first-order valence-corrected chi connectivity index (χ1v) is 8.65. The number of carbonyl (C=O) groups excluding carboxylic acids is 3. The van der Waals surface area contributed by atoms with Crippen molar-refractivity contribution < 1.29 is 14.4 Å². The predicted molar refractivity (Wildman–Crippen MR) is 98.7 cm³/mol. The molecule has 1 aliphatic rings. The summed E-state index contributed by atoms with van der Waals surface area (Å²) in [6.45, 7) is 0.524. The molecule has 0 aromatic heterocycles. The Kier molecular flexibility index (Phi) is 5.63. The summed E-state index contributed by atoms with van der Waals surface area (Å²) in [5.41, 5.74) is 2.07. The van der Waals surface area contributed by atoms with Gasteiger partial charge in [0.2, 0.25) is 11.8 Å². The van der Waals surface area contributed by atoms with Crippen molar-refractivity contribution in [3.05, 3.63) is 65.7 Å². The molecule has 3 amide bonds. The molecule has 0 bridgehead atoms. The average Bonchev–Trinajstić information content (AvgIpc) is 2.76. The maximum Gasteiger partial charge on any atom is 0.254 e. The van der Waals surface area contributed by atoms with E-state index in [1.54, 1.807) is 24.3 Å². The highest BCUT2D eigenvalue weighted by atomic mass is 16.2. The summed E-state index contributed by atoms with van der Waals surface area (Å²) in [5.74, 6) is -1.01. The molecule has 1 heterocycles. The first-order valence-electron chi connectivity index (χ1n) is 8.65. The number of fused-ring (bicyclic) bond motifs is 1. The number of benzene rings is 2. The molecular weight excluding hydrogens is 330 g/mol. The number of para-hydroxylation sites is 1. The Morgan fingerprint density at radius 3 is 2.54 bits per heavy atom. The summed E-state index contributed by atoms with van der Waals surface area (Å²) >= 11 is 0. The van der Waals surface area contributed by atoms with Gasteiger partial charge >= 0.3 is 0 Å². The van der Waals surface area contributed by atoms with Crippen molar-refractivity contribution in [2.45, 2.75) is 25.3 Å². The van der Waals surface area contributed by atoms with Crippen molar-refractivity contribution in [1.82, 2.24) is 10.6 Å². The predicted octanol–water partition coefficient (Wildman–Crippen LogP) is 1.88. The number of carbonyl (C=O) groups is 3. The topological polar surface area (TPSA) is 87.3 Å². The lowest BCUT2D eigenvalue weighted by molar-refractivity contribution is -0.125. The lowest BCUT2D eigenvalue weighted by atomic mass is 10.1. The average molecular weight is 351 g/mol. The molecule has 26 heavy (non-hydrogen) atoms. The third kappa shape index (κ3) is 4.47. The summed E-state index contributed by atoms with van der Waals surface area (Å²) in [6.07, 6.45) is 1.60. The highest BCUT2D eigenvalue weighted by Gasteiger charge is 2.29. The van der Waals surface area contributed by atoms with Gasteiger partial charge in [-0.15, -0.1) is 0 Å². The number of nitrogens with one attached hydrogen (secondary N) is 3. The lowest BCUT2D eigenvalue weighted by Crippen LogP contribution is -2.44. The third-order valence-electron chi connectivity index (χ3n) is 4.25. The van der Waals surface area contributed by atoms with Crippen molar-refractivity contribution in [3.63, 3.8) is 0 Å². The number of hydrogen-bond acceptors (Lipinski definition) is 3. The fourth-order valence-corrected chi connectivity index (χ4v) is 2.88. The lowest BCUT2D eigenvalue weighted by Gasteiger charge is -2.14. The van der Waals surface area contributed by atoms with Crippen LogP contribution in [0.3, 0.4) is 0 Å². The van der Waals surface area contributed by atoms with E-state index in [9.17, 15) is 14.4 Å². The molecule has 1 atom stereocenters. The van der Waals surface area contributed by atoms with Gasteiger partial charge in [0.1, 0.15) is 6.04 Å². The van der Waals surface area contributed by atoms with Crippen LogP contribution in [0.2, 0.25) is 0 Å². The quantitative estimate of drug-likeness (QED) is 0.695. The summed E-state index contributed by atoms with van der Waals surface area (Å²) in [6, 6.07) is 15.9. The number of hydrogen-bond donors (Lipinski definition) is 3. The van der Waals surface area contributed by atoms with Crippen LogP contribution in [0, 0.1) is 0 Å². The highest BCUT2D eigenvalue weighted by molar-refractivity contribution is 6.10. The SMILES string of the molecule is O=C(CC1NC(=O)c2ccccc2NC1=O)NCCCc1ccccc1. The minimum atomic E-state index is -0.885. The fourth-order valence-electron chi connectivity index (χ4n) is 2.88. The Morgan fingerprint density at radius 2 is 1.73 bits per heavy atom. The van der Waals surface area contributed by atoms with E-state index < -0.39 is 6.04 Å². The van der Waals surface area contributed by atoms with Crippen LogP contribution < -0.4 is 16.0 Å². The molecule has 0 radical (unpaired) electrons. The zero-order valence-electron chi connectivity index (χ0n) is 14.3. The maximum absolute atomic E-state index is 12.3. The Bertz CT molecular complexity index is 805. The van der Waals surface area contributed by atoms with Gasteiger partial charge in [0.25, 0.3) is 5.91 Å². The van der Waals surface area contributed by atoms with E-state index in [0.717, 1.165) is 12.8 Å². The van der Waals surface area contributed by atoms with E-state index >= 15 is 0 Å². The number of anilines is 1. The molecule has 3 rings (SSSR count). The molecule has 1 aliphatic heterocycles. The van der Waals surface area contributed by atoms with Crippen molar-refractivity contribution in [2.75, 3.05) is 11.9 Å². The molecule has 6 heteroatoms.